The summed E-state index contributed by atoms with van der Waals surface area (Å²) < 4.78 is 6.15. The molecule has 0 saturated carbocycles. The Balaban J connectivity index is 1.08. The number of hydrogen-bond donors (Lipinski definition) is 0. The van der Waals surface area contributed by atoms with E-state index in [-0.39, 0.29) is 5.91 Å². The topological polar surface area (TPSA) is 56.6 Å². The van der Waals surface area contributed by atoms with Crippen LogP contribution in [0.2, 0.25) is 0 Å². The lowest BCUT2D eigenvalue weighted by Crippen LogP contribution is -2.33. The first-order valence-electron chi connectivity index (χ1n) is 13.5. The number of amides is 1. The summed E-state index contributed by atoms with van der Waals surface area (Å²) in [7, 11) is 0. The van der Waals surface area contributed by atoms with Crippen molar-refractivity contribution in [2.45, 2.75) is 45.2 Å². The van der Waals surface area contributed by atoms with Gasteiger partial charge in [0.2, 0.25) is 0 Å². The first-order valence-corrected chi connectivity index (χ1v) is 13.5. The van der Waals surface area contributed by atoms with Crippen molar-refractivity contribution in [1.82, 2.24) is 9.80 Å². The quantitative estimate of drug-likeness (QED) is 0.396. The first kappa shape index (κ1) is 25.0. The van der Waals surface area contributed by atoms with Gasteiger partial charge in [0.1, 0.15) is 5.75 Å². The number of benzene rings is 3. The average Bonchev–Trinajstić information content (AvgIpc) is 3.09. The van der Waals surface area contributed by atoms with E-state index in [2.05, 4.69) is 41.3 Å². The van der Waals surface area contributed by atoms with Gasteiger partial charge in [-0.15, -0.1) is 0 Å². The smallest absolute Gasteiger partial charge is 0.254 e. The average molecular weight is 494 g/mol. The van der Waals surface area contributed by atoms with Crippen LogP contribution in [0.1, 0.15) is 58.3 Å². The molecule has 1 amide bonds. The number of hydrogen-bond acceptors (Lipinski definition) is 4. The summed E-state index contributed by atoms with van der Waals surface area (Å²) in [6, 6.07) is 26.3. The van der Waals surface area contributed by atoms with Crippen LogP contribution in [0.5, 0.6) is 5.75 Å². The summed E-state index contributed by atoms with van der Waals surface area (Å²) in [5.74, 6) is 1.68. The number of aryl methyl sites for hydroxylation is 1. The second-order valence-electron chi connectivity index (χ2n) is 10.3. The lowest BCUT2D eigenvalue weighted by molar-refractivity contribution is 0.0749. The molecular formula is C32H35N3O2. The predicted octanol–water partition coefficient (Wildman–Crippen LogP) is 5.83. The third-order valence-corrected chi connectivity index (χ3v) is 7.68. The molecule has 0 unspecified atom stereocenters. The van der Waals surface area contributed by atoms with Gasteiger partial charge in [0.25, 0.3) is 5.91 Å². The number of ether oxygens (including phenoxy) is 1. The third kappa shape index (κ3) is 6.58. The molecule has 3 aromatic rings. The standard InChI is InChI=1S/C32H35N3O2/c33-22-26-8-10-28(11-9-26)23-34-18-14-25(15-19-34)16-20-37-30-12-13-31-29(21-30)7-4-17-35(32(31)36)24-27-5-2-1-3-6-27/h1-3,5-6,8-13,21,25H,4,7,14-20,23-24H2. The highest BCUT2D eigenvalue weighted by Crippen LogP contribution is 2.26. The second-order valence-corrected chi connectivity index (χ2v) is 10.3. The zero-order chi connectivity index (χ0) is 25.5. The summed E-state index contributed by atoms with van der Waals surface area (Å²) in [6.45, 7) is 5.31. The summed E-state index contributed by atoms with van der Waals surface area (Å²) in [4.78, 5) is 17.7. The van der Waals surface area contributed by atoms with Gasteiger partial charge in [-0.2, -0.15) is 5.26 Å². The van der Waals surface area contributed by atoms with E-state index in [1.807, 2.05) is 47.4 Å². The molecule has 0 radical (unpaired) electrons. The normalized spacial score (nSPS) is 16.6. The van der Waals surface area contributed by atoms with E-state index < -0.39 is 0 Å². The molecule has 0 spiro atoms. The summed E-state index contributed by atoms with van der Waals surface area (Å²) in [5, 5.41) is 8.97. The molecule has 5 nitrogen and oxygen atoms in total. The number of rotatable bonds is 8. The van der Waals surface area contributed by atoms with E-state index in [4.69, 9.17) is 10.00 Å². The van der Waals surface area contributed by atoms with E-state index >= 15 is 0 Å². The minimum absolute atomic E-state index is 0.121. The number of piperidine rings is 1. The van der Waals surface area contributed by atoms with E-state index in [1.165, 1.54) is 24.0 Å². The number of nitriles is 1. The lowest BCUT2D eigenvalue weighted by Gasteiger charge is -2.32. The van der Waals surface area contributed by atoms with Gasteiger partial charge in [-0.25, -0.2) is 0 Å². The number of carbonyl (C=O) groups is 1. The largest absolute Gasteiger partial charge is 0.494 e. The van der Waals surface area contributed by atoms with Crippen LogP contribution in [0.15, 0.2) is 72.8 Å². The van der Waals surface area contributed by atoms with Gasteiger partial charge in [-0.1, -0.05) is 42.5 Å². The SMILES string of the molecule is N#Cc1ccc(CN2CCC(CCOc3ccc4c(c3)CCCN(Cc3ccccc3)C4=O)CC2)cc1. The summed E-state index contributed by atoms with van der Waals surface area (Å²) in [5.41, 5.74) is 5.07. The molecule has 3 aromatic carbocycles. The monoisotopic (exact) mass is 493 g/mol. The van der Waals surface area contributed by atoms with Crippen LogP contribution in [0.3, 0.4) is 0 Å². The molecule has 2 heterocycles. The summed E-state index contributed by atoms with van der Waals surface area (Å²) in [6.07, 6.45) is 5.31. The molecule has 0 aliphatic carbocycles. The number of likely N-dealkylation sites (tertiary alicyclic amines) is 1. The molecule has 2 aliphatic rings. The molecule has 2 aliphatic heterocycles. The fourth-order valence-electron chi connectivity index (χ4n) is 5.48. The van der Waals surface area contributed by atoms with Crippen molar-refractivity contribution in [3.8, 4) is 11.8 Å². The van der Waals surface area contributed by atoms with Crippen molar-refractivity contribution in [2.75, 3.05) is 26.2 Å². The van der Waals surface area contributed by atoms with Crippen LogP contribution >= 0.6 is 0 Å². The van der Waals surface area contributed by atoms with Crippen molar-refractivity contribution in [2.24, 2.45) is 5.92 Å². The van der Waals surface area contributed by atoms with Gasteiger partial charge in [0.05, 0.1) is 18.2 Å². The van der Waals surface area contributed by atoms with Crippen molar-refractivity contribution >= 4 is 5.91 Å². The Morgan fingerprint density at radius 3 is 2.41 bits per heavy atom. The highest BCUT2D eigenvalue weighted by atomic mass is 16.5. The first-order chi connectivity index (χ1) is 18.2. The lowest BCUT2D eigenvalue weighted by atomic mass is 9.93. The molecule has 1 fully saturated rings. The third-order valence-electron chi connectivity index (χ3n) is 7.68. The van der Waals surface area contributed by atoms with Crippen molar-refractivity contribution in [1.29, 1.82) is 5.26 Å². The Morgan fingerprint density at radius 1 is 0.892 bits per heavy atom. The molecule has 37 heavy (non-hydrogen) atoms. The Hall–Kier alpha value is -3.62. The van der Waals surface area contributed by atoms with Gasteiger partial charge in [-0.3, -0.25) is 9.69 Å². The van der Waals surface area contributed by atoms with E-state index in [0.29, 0.717) is 24.6 Å². The van der Waals surface area contributed by atoms with E-state index in [0.717, 1.165) is 62.3 Å². The highest BCUT2D eigenvalue weighted by molar-refractivity contribution is 5.96. The maximum Gasteiger partial charge on any atom is 0.254 e. The fraction of sp³-hybridized carbons (Fsp3) is 0.375. The van der Waals surface area contributed by atoms with E-state index in [9.17, 15) is 4.79 Å². The Labute approximate surface area is 220 Å². The number of carbonyl (C=O) groups excluding carboxylic acids is 1. The van der Waals surface area contributed by atoms with Gasteiger partial charge < -0.3 is 9.64 Å². The van der Waals surface area contributed by atoms with Crippen molar-refractivity contribution in [3.63, 3.8) is 0 Å². The Bertz CT molecular complexity index is 1230. The molecular weight excluding hydrogens is 458 g/mol. The maximum absolute atomic E-state index is 13.2. The molecule has 5 heteroatoms. The molecule has 1 saturated heterocycles. The van der Waals surface area contributed by atoms with Crippen LogP contribution < -0.4 is 4.74 Å². The van der Waals surface area contributed by atoms with Crippen LogP contribution in [0.4, 0.5) is 0 Å². The van der Waals surface area contributed by atoms with Gasteiger partial charge >= 0.3 is 0 Å². The highest BCUT2D eigenvalue weighted by Gasteiger charge is 2.23. The zero-order valence-electron chi connectivity index (χ0n) is 21.4. The Morgan fingerprint density at radius 2 is 1.65 bits per heavy atom. The fourth-order valence-corrected chi connectivity index (χ4v) is 5.48. The summed E-state index contributed by atoms with van der Waals surface area (Å²) >= 11 is 0. The maximum atomic E-state index is 13.2. The molecule has 0 N–H and O–H groups in total. The molecule has 0 aromatic heterocycles. The van der Waals surface area contributed by atoms with Crippen molar-refractivity contribution < 1.29 is 9.53 Å². The predicted molar refractivity (Wildman–Crippen MR) is 145 cm³/mol. The van der Waals surface area contributed by atoms with Gasteiger partial charge in [-0.05, 0) is 98.1 Å². The molecule has 5 rings (SSSR count). The van der Waals surface area contributed by atoms with Crippen LogP contribution in [0.25, 0.3) is 0 Å². The van der Waals surface area contributed by atoms with Gasteiger partial charge in [0.15, 0.2) is 0 Å². The Kier molecular flexibility index (Phi) is 8.18. The molecule has 0 bridgehead atoms. The van der Waals surface area contributed by atoms with E-state index in [1.54, 1.807) is 0 Å². The van der Waals surface area contributed by atoms with Crippen molar-refractivity contribution in [3.05, 3.63) is 101 Å². The molecule has 0 atom stereocenters. The minimum atomic E-state index is 0.121. The zero-order valence-corrected chi connectivity index (χ0v) is 21.4. The van der Waals surface area contributed by atoms with Gasteiger partial charge in [0, 0.05) is 25.2 Å². The number of fused-ring (bicyclic) bond motifs is 1. The van der Waals surface area contributed by atoms with Crippen LogP contribution in [-0.2, 0) is 19.5 Å². The van der Waals surface area contributed by atoms with Crippen LogP contribution in [-0.4, -0.2) is 41.9 Å². The molecule has 190 valence electrons. The van der Waals surface area contributed by atoms with Crippen LogP contribution in [0, 0.1) is 17.2 Å². The minimum Gasteiger partial charge on any atom is -0.494 e. The second kappa shape index (κ2) is 12.1. The number of nitrogens with zero attached hydrogens (tertiary/aromatic N) is 3.